The van der Waals surface area contributed by atoms with Gasteiger partial charge in [-0.25, -0.2) is 4.79 Å². The molecule has 162 valence electrons. The van der Waals surface area contributed by atoms with E-state index in [-0.39, 0.29) is 11.9 Å². The molecule has 1 atom stereocenters. The van der Waals surface area contributed by atoms with E-state index in [9.17, 15) is 9.90 Å². The summed E-state index contributed by atoms with van der Waals surface area (Å²) in [6.45, 7) is 11.9. The van der Waals surface area contributed by atoms with Gasteiger partial charge in [0.2, 0.25) is 0 Å². The van der Waals surface area contributed by atoms with E-state index in [4.69, 9.17) is 16.3 Å². The Kier molecular flexibility index (Phi) is 8.31. The number of carbonyl (C=O) groups excluding carboxylic acids is 1. The number of halogens is 1. The second-order valence-corrected chi connectivity index (χ2v) is 8.60. The number of aliphatic hydroxyl groups is 1. The van der Waals surface area contributed by atoms with Crippen molar-refractivity contribution >= 4 is 30.0 Å². The lowest BCUT2D eigenvalue weighted by Gasteiger charge is -2.43. The van der Waals surface area contributed by atoms with Gasteiger partial charge in [-0.05, 0) is 48.8 Å². The standard InChI is InChI=1S/C21H33ClN4O3/c1-14-12-16(22)13-17(18(14)25-23-4)19(27)21(2,3)15-6-9-26(10-7-15)20(28)24-8-11-29-5/h12-13,15,19,25,27H,4,6-11H2,1-3,5H3,(H,24,28). The fraction of sp³-hybridized carbons (Fsp3) is 0.619. The molecule has 1 saturated heterocycles. The number of amides is 2. The van der Waals surface area contributed by atoms with E-state index in [0.29, 0.717) is 36.8 Å². The number of piperidine rings is 1. The topological polar surface area (TPSA) is 86.2 Å². The molecule has 0 aliphatic carbocycles. The van der Waals surface area contributed by atoms with Crippen LogP contribution in [0.25, 0.3) is 0 Å². The highest BCUT2D eigenvalue weighted by atomic mass is 35.5. The van der Waals surface area contributed by atoms with Crippen molar-refractivity contribution in [2.24, 2.45) is 16.4 Å². The molecule has 7 nitrogen and oxygen atoms in total. The number of ether oxygens (including phenoxy) is 1. The molecule has 1 fully saturated rings. The maximum Gasteiger partial charge on any atom is 0.317 e. The molecule has 3 N–H and O–H groups in total. The first-order chi connectivity index (χ1) is 13.7. The number of aryl methyl sites for hydroxylation is 1. The number of anilines is 1. The molecule has 2 amide bonds. The minimum absolute atomic E-state index is 0.0622. The third kappa shape index (κ3) is 5.62. The fourth-order valence-electron chi connectivity index (χ4n) is 4.04. The van der Waals surface area contributed by atoms with Crippen molar-refractivity contribution in [3.05, 3.63) is 28.3 Å². The highest BCUT2D eigenvalue weighted by Crippen LogP contribution is 2.47. The Bertz CT molecular complexity index is 718. The van der Waals surface area contributed by atoms with Crippen LogP contribution in [-0.4, -0.2) is 56.1 Å². The minimum atomic E-state index is -0.740. The van der Waals surface area contributed by atoms with Crippen LogP contribution in [0, 0.1) is 18.3 Å². The summed E-state index contributed by atoms with van der Waals surface area (Å²) in [6, 6.07) is 3.55. The van der Waals surface area contributed by atoms with Gasteiger partial charge in [-0.2, -0.15) is 5.10 Å². The molecule has 0 bridgehead atoms. The molecule has 1 unspecified atom stereocenters. The molecule has 0 aromatic heterocycles. The molecule has 29 heavy (non-hydrogen) atoms. The van der Waals surface area contributed by atoms with E-state index < -0.39 is 11.5 Å². The van der Waals surface area contributed by atoms with Gasteiger partial charge in [0.05, 0.1) is 18.4 Å². The van der Waals surface area contributed by atoms with Crippen LogP contribution in [0.1, 0.15) is 43.9 Å². The van der Waals surface area contributed by atoms with Gasteiger partial charge < -0.3 is 20.1 Å². The maximum atomic E-state index is 12.2. The Morgan fingerprint density at radius 2 is 2.10 bits per heavy atom. The number of rotatable bonds is 8. The summed E-state index contributed by atoms with van der Waals surface area (Å²) in [5.74, 6) is 0.254. The normalized spacial score (nSPS) is 16.4. The Hall–Kier alpha value is -1.83. The average molecular weight is 425 g/mol. The smallest absolute Gasteiger partial charge is 0.317 e. The Balaban J connectivity index is 2.10. The second-order valence-electron chi connectivity index (χ2n) is 8.17. The third-order valence-corrected chi connectivity index (χ3v) is 6.16. The van der Waals surface area contributed by atoms with E-state index >= 15 is 0 Å². The lowest BCUT2D eigenvalue weighted by Crippen LogP contribution is -2.47. The zero-order valence-electron chi connectivity index (χ0n) is 17.8. The summed E-state index contributed by atoms with van der Waals surface area (Å²) < 4.78 is 4.97. The summed E-state index contributed by atoms with van der Waals surface area (Å²) in [5.41, 5.74) is 4.84. The van der Waals surface area contributed by atoms with Crippen molar-refractivity contribution in [2.45, 2.75) is 39.7 Å². The van der Waals surface area contributed by atoms with E-state index in [2.05, 4.69) is 36.4 Å². The number of likely N-dealkylation sites (tertiary alicyclic amines) is 1. The quantitative estimate of drug-likeness (QED) is 0.336. The first-order valence-corrected chi connectivity index (χ1v) is 10.3. The van der Waals surface area contributed by atoms with E-state index in [1.165, 1.54) is 0 Å². The van der Waals surface area contributed by atoms with Gasteiger partial charge in [0.15, 0.2) is 0 Å². The molecule has 2 rings (SSSR count). The third-order valence-electron chi connectivity index (χ3n) is 5.94. The minimum Gasteiger partial charge on any atom is -0.388 e. The first kappa shape index (κ1) is 23.4. The zero-order valence-corrected chi connectivity index (χ0v) is 18.6. The number of hydrazone groups is 1. The van der Waals surface area contributed by atoms with E-state index in [1.807, 2.05) is 17.9 Å². The van der Waals surface area contributed by atoms with Crippen molar-refractivity contribution in [3.8, 4) is 0 Å². The van der Waals surface area contributed by atoms with Gasteiger partial charge in [0.1, 0.15) is 0 Å². The second kappa shape index (κ2) is 10.3. The van der Waals surface area contributed by atoms with Crippen LogP contribution in [0.2, 0.25) is 5.02 Å². The van der Waals surface area contributed by atoms with Crippen LogP contribution in [0.5, 0.6) is 0 Å². The molecule has 0 saturated carbocycles. The Morgan fingerprint density at radius 1 is 1.45 bits per heavy atom. The predicted octanol–water partition coefficient (Wildman–Crippen LogP) is 3.80. The lowest BCUT2D eigenvalue weighted by atomic mass is 9.68. The summed E-state index contributed by atoms with van der Waals surface area (Å²) in [7, 11) is 1.61. The van der Waals surface area contributed by atoms with Gasteiger partial charge in [-0.15, -0.1) is 0 Å². The largest absolute Gasteiger partial charge is 0.388 e. The van der Waals surface area contributed by atoms with Crippen LogP contribution in [0.3, 0.4) is 0 Å². The van der Waals surface area contributed by atoms with Gasteiger partial charge in [0, 0.05) is 44.0 Å². The molecule has 8 heteroatoms. The van der Waals surface area contributed by atoms with Crippen molar-refractivity contribution in [1.29, 1.82) is 0 Å². The van der Waals surface area contributed by atoms with Gasteiger partial charge in [-0.3, -0.25) is 5.43 Å². The predicted molar refractivity (Wildman–Crippen MR) is 118 cm³/mol. The number of carbonyl (C=O) groups is 1. The first-order valence-electron chi connectivity index (χ1n) is 9.93. The monoisotopic (exact) mass is 424 g/mol. The van der Waals surface area contributed by atoms with Crippen molar-refractivity contribution in [3.63, 3.8) is 0 Å². The molecular weight excluding hydrogens is 392 g/mol. The average Bonchev–Trinajstić information content (AvgIpc) is 2.69. The SMILES string of the molecule is C=NNc1c(C)cc(Cl)cc1C(O)C(C)(C)C1CCN(C(=O)NCCOC)CC1. The van der Waals surface area contributed by atoms with Crippen LogP contribution >= 0.6 is 11.6 Å². The van der Waals surface area contributed by atoms with Crippen LogP contribution in [0.4, 0.5) is 10.5 Å². The number of hydrogen-bond donors (Lipinski definition) is 3. The van der Waals surface area contributed by atoms with E-state index in [0.717, 1.165) is 24.1 Å². The van der Waals surface area contributed by atoms with Crippen LogP contribution < -0.4 is 10.7 Å². The van der Waals surface area contributed by atoms with Gasteiger partial charge in [0.25, 0.3) is 0 Å². The number of benzene rings is 1. The van der Waals surface area contributed by atoms with Crippen molar-refractivity contribution < 1.29 is 14.6 Å². The molecule has 1 aromatic carbocycles. The zero-order chi connectivity index (χ0) is 21.6. The number of nitrogens with zero attached hydrogens (tertiary/aromatic N) is 2. The number of urea groups is 1. The molecule has 1 aromatic rings. The maximum absolute atomic E-state index is 12.2. The molecule has 0 spiro atoms. The summed E-state index contributed by atoms with van der Waals surface area (Å²) in [5, 5.41) is 18.5. The molecule has 1 aliphatic rings. The molecular formula is C21H33ClN4O3. The van der Waals surface area contributed by atoms with Crippen molar-refractivity contribution in [1.82, 2.24) is 10.2 Å². The van der Waals surface area contributed by atoms with Crippen LogP contribution in [0.15, 0.2) is 17.2 Å². The van der Waals surface area contributed by atoms with Crippen LogP contribution in [-0.2, 0) is 4.74 Å². The van der Waals surface area contributed by atoms with Gasteiger partial charge >= 0.3 is 6.03 Å². The van der Waals surface area contributed by atoms with Crippen molar-refractivity contribution in [2.75, 3.05) is 38.8 Å². The molecule has 1 aliphatic heterocycles. The van der Waals surface area contributed by atoms with E-state index in [1.54, 1.807) is 13.2 Å². The Morgan fingerprint density at radius 3 is 2.69 bits per heavy atom. The molecule has 0 radical (unpaired) electrons. The molecule has 1 heterocycles. The summed E-state index contributed by atoms with van der Waals surface area (Å²) >= 11 is 6.26. The number of methoxy groups -OCH3 is 1. The highest BCUT2D eigenvalue weighted by Gasteiger charge is 2.40. The number of hydrogen-bond acceptors (Lipinski definition) is 5. The number of aliphatic hydroxyl groups excluding tert-OH is 1. The lowest BCUT2D eigenvalue weighted by molar-refractivity contribution is -0.0147. The van der Waals surface area contributed by atoms with Gasteiger partial charge in [-0.1, -0.05) is 25.4 Å². The summed E-state index contributed by atoms with van der Waals surface area (Å²) in [4.78, 5) is 14.1. The highest BCUT2D eigenvalue weighted by molar-refractivity contribution is 6.30. The summed E-state index contributed by atoms with van der Waals surface area (Å²) in [6.07, 6.45) is 0.907. The fourth-order valence-corrected chi connectivity index (χ4v) is 4.32. The number of nitrogens with one attached hydrogen (secondary N) is 2. The Labute approximate surface area is 178 Å².